The van der Waals surface area contributed by atoms with Gasteiger partial charge in [-0.15, -0.1) is 0 Å². The lowest BCUT2D eigenvalue weighted by Gasteiger charge is -2.44. The summed E-state index contributed by atoms with van der Waals surface area (Å²) in [5, 5.41) is 6.66. The van der Waals surface area contributed by atoms with Crippen LogP contribution in [0.3, 0.4) is 0 Å². The number of piperidine rings is 1. The molecule has 11 heteroatoms. The summed E-state index contributed by atoms with van der Waals surface area (Å²) in [5.41, 5.74) is 1.24. The number of carbonyl (C=O) groups excluding carboxylic acids is 4. The normalized spacial score (nSPS) is 18.7. The van der Waals surface area contributed by atoms with Crippen molar-refractivity contribution in [2.75, 3.05) is 31.2 Å². The number of carbonyl (C=O) groups is 4. The van der Waals surface area contributed by atoms with Crippen LogP contribution in [0.4, 0.5) is 5.69 Å². The van der Waals surface area contributed by atoms with Crippen molar-refractivity contribution in [1.82, 2.24) is 25.4 Å². The van der Waals surface area contributed by atoms with E-state index < -0.39 is 11.6 Å². The van der Waals surface area contributed by atoms with Gasteiger partial charge in [-0.05, 0) is 67.6 Å². The molecule has 3 aromatic rings. The Labute approximate surface area is 280 Å². The summed E-state index contributed by atoms with van der Waals surface area (Å²) >= 11 is 6.10. The van der Waals surface area contributed by atoms with Gasteiger partial charge < -0.3 is 25.3 Å². The zero-order valence-corrected chi connectivity index (χ0v) is 27.2. The fourth-order valence-electron chi connectivity index (χ4n) is 7.13. The van der Waals surface area contributed by atoms with E-state index in [-0.39, 0.29) is 42.6 Å². The molecule has 1 aromatic heterocycles. The standard InChI is InChI=1S/C36H41ClN6O4/c37-28-15-13-26(14-16-28)22-31(40-33(45)27-8-7-19-38-23-27)34(46)41-20-17-36(18-21-41)35(47)42(25-43(36)30-11-5-2-6-12-30)24-32(44)39-29-9-3-1-4-10-29/h2,5-8,11-16,19,23,29,31H,1,3-4,9-10,17-18,20-22,24-25H2,(H,39,44)(H,40,45)/t31-/m1/s1. The fraction of sp³-hybridized carbons (Fsp3) is 0.417. The minimum absolute atomic E-state index is 0.00655. The van der Waals surface area contributed by atoms with Gasteiger partial charge in [0, 0.05) is 48.7 Å². The molecule has 47 heavy (non-hydrogen) atoms. The molecule has 3 heterocycles. The quantitative estimate of drug-likeness (QED) is 0.357. The molecule has 2 saturated heterocycles. The zero-order valence-electron chi connectivity index (χ0n) is 26.4. The summed E-state index contributed by atoms with van der Waals surface area (Å²) in [6.07, 6.45) is 9.51. The molecule has 2 aliphatic heterocycles. The number of halogens is 1. The van der Waals surface area contributed by atoms with E-state index in [1.54, 1.807) is 40.3 Å². The average Bonchev–Trinajstić information content (AvgIpc) is 3.36. The summed E-state index contributed by atoms with van der Waals surface area (Å²) in [6, 6.07) is 19.7. The predicted molar refractivity (Wildman–Crippen MR) is 180 cm³/mol. The second-order valence-electron chi connectivity index (χ2n) is 12.8. The van der Waals surface area contributed by atoms with Crippen molar-refractivity contribution < 1.29 is 19.2 Å². The van der Waals surface area contributed by atoms with Crippen LogP contribution < -0.4 is 15.5 Å². The molecule has 3 fully saturated rings. The molecule has 1 atom stereocenters. The van der Waals surface area contributed by atoms with Gasteiger partial charge in [-0.2, -0.15) is 0 Å². The van der Waals surface area contributed by atoms with Gasteiger partial charge in [-0.1, -0.05) is 61.2 Å². The third-order valence-corrected chi connectivity index (χ3v) is 9.92. The van der Waals surface area contributed by atoms with E-state index in [1.807, 2.05) is 42.5 Å². The number of likely N-dealkylation sites (tertiary alicyclic amines) is 1. The summed E-state index contributed by atoms with van der Waals surface area (Å²) in [7, 11) is 0. The molecule has 0 bridgehead atoms. The van der Waals surface area contributed by atoms with Gasteiger partial charge in [-0.3, -0.25) is 24.2 Å². The van der Waals surface area contributed by atoms with Crippen molar-refractivity contribution in [3.05, 3.63) is 95.3 Å². The highest BCUT2D eigenvalue weighted by atomic mass is 35.5. The van der Waals surface area contributed by atoms with Crippen LogP contribution in [0.1, 0.15) is 60.9 Å². The monoisotopic (exact) mass is 656 g/mol. The first-order valence-electron chi connectivity index (χ1n) is 16.5. The van der Waals surface area contributed by atoms with Gasteiger partial charge in [-0.25, -0.2) is 0 Å². The highest BCUT2D eigenvalue weighted by molar-refractivity contribution is 6.30. The van der Waals surface area contributed by atoms with Crippen LogP contribution in [0.2, 0.25) is 5.02 Å². The van der Waals surface area contributed by atoms with E-state index in [1.165, 1.54) is 12.6 Å². The van der Waals surface area contributed by atoms with Crippen LogP contribution in [0.25, 0.3) is 0 Å². The Kier molecular flexibility index (Phi) is 10.1. The highest BCUT2D eigenvalue weighted by Gasteiger charge is 2.54. The third kappa shape index (κ3) is 7.43. The van der Waals surface area contributed by atoms with Crippen molar-refractivity contribution in [1.29, 1.82) is 0 Å². The molecule has 6 rings (SSSR count). The maximum absolute atomic E-state index is 14.2. The Hall–Kier alpha value is -4.44. The highest BCUT2D eigenvalue weighted by Crippen LogP contribution is 2.39. The Morgan fingerprint density at radius 2 is 1.66 bits per heavy atom. The summed E-state index contributed by atoms with van der Waals surface area (Å²) in [4.78, 5) is 64.0. The molecule has 246 valence electrons. The number of nitrogens with zero attached hydrogens (tertiary/aromatic N) is 4. The molecule has 1 saturated carbocycles. The minimum atomic E-state index is -0.881. The zero-order chi connectivity index (χ0) is 32.8. The second-order valence-corrected chi connectivity index (χ2v) is 13.2. The van der Waals surface area contributed by atoms with E-state index >= 15 is 0 Å². The van der Waals surface area contributed by atoms with Crippen molar-refractivity contribution in [3.63, 3.8) is 0 Å². The molecule has 0 radical (unpaired) electrons. The molecule has 2 aromatic carbocycles. The first-order valence-corrected chi connectivity index (χ1v) is 16.9. The topological polar surface area (TPSA) is 115 Å². The summed E-state index contributed by atoms with van der Waals surface area (Å²) in [6.45, 7) is 0.966. The Morgan fingerprint density at radius 1 is 0.936 bits per heavy atom. The predicted octanol–water partition coefficient (Wildman–Crippen LogP) is 4.19. The van der Waals surface area contributed by atoms with Gasteiger partial charge in [0.15, 0.2) is 0 Å². The molecule has 1 spiro atoms. The summed E-state index contributed by atoms with van der Waals surface area (Å²) < 4.78 is 0. The lowest BCUT2D eigenvalue weighted by molar-refractivity contribution is -0.140. The molecular formula is C36H41ClN6O4. The SMILES string of the molecule is O=C(CN1CN(c2ccccc2)C2(CCN(C(=O)[C@@H](Cc3ccc(Cl)cc3)NC(=O)c3cccnc3)CC2)C1=O)NC1CCCCC1. The lowest BCUT2D eigenvalue weighted by atomic mass is 9.85. The van der Waals surface area contributed by atoms with E-state index in [9.17, 15) is 19.2 Å². The van der Waals surface area contributed by atoms with E-state index in [0.717, 1.165) is 36.9 Å². The number of pyridine rings is 1. The molecule has 10 nitrogen and oxygen atoms in total. The molecule has 3 aliphatic rings. The Bertz CT molecular complexity index is 1560. The van der Waals surface area contributed by atoms with Crippen molar-refractivity contribution in [2.24, 2.45) is 0 Å². The smallest absolute Gasteiger partial charge is 0.253 e. The number of hydrogen-bond acceptors (Lipinski definition) is 6. The van der Waals surface area contributed by atoms with Crippen LogP contribution in [0.5, 0.6) is 0 Å². The molecule has 4 amide bonds. The van der Waals surface area contributed by atoms with E-state index in [4.69, 9.17) is 11.6 Å². The van der Waals surface area contributed by atoms with Crippen LogP contribution >= 0.6 is 11.6 Å². The van der Waals surface area contributed by atoms with Crippen molar-refractivity contribution in [3.8, 4) is 0 Å². The first-order chi connectivity index (χ1) is 22.8. The maximum atomic E-state index is 14.2. The van der Waals surface area contributed by atoms with Gasteiger partial charge in [0.2, 0.25) is 11.8 Å². The van der Waals surface area contributed by atoms with E-state index in [0.29, 0.717) is 43.2 Å². The maximum Gasteiger partial charge on any atom is 0.253 e. The van der Waals surface area contributed by atoms with E-state index in [2.05, 4.69) is 20.5 Å². The molecule has 2 N–H and O–H groups in total. The van der Waals surface area contributed by atoms with Gasteiger partial charge in [0.05, 0.1) is 12.2 Å². The number of rotatable bonds is 9. The van der Waals surface area contributed by atoms with Crippen LogP contribution in [-0.2, 0) is 20.8 Å². The lowest BCUT2D eigenvalue weighted by Crippen LogP contribution is -2.60. The van der Waals surface area contributed by atoms with Crippen molar-refractivity contribution >= 4 is 40.9 Å². The number of aromatic nitrogens is 1. The molecule has 1 aliphatic carbocycles. The fourth-order valence-corrected chi connectivity index (χ4v) is 7.25. The number of anilines is 1. The average molecular weight is 657 g/mol. The number of hydrogen-bond donors (Lipinski definition) is 2. The summed E-state index contributed by atoms with van der Waals surface area (Å²) in [5.74, 6) is -0.818. The molecule has 0 unspecified atom stereocenters. The number of para-hydroxylation sites is 1. The van der Waals surface area contributed by atoms with Gasteiger partial charge >= 0.3 is 0 Å². The van der Waals surface area contributed by atoms with Gasteiger partial charge in [0.25, 0.3) is 11.8 Å². The van der Waals surface area contributed by atoms with Crippen LogP contribution in [0.15, 0.2) is 79.1 Å². The Balaban J connectivity index is 1.18. The number of benzene rings is 2. The largest absolute Gasteiger partial charge is 0.352 e. The van der Waals surface area contributed by atoms with Crippen LogP contribution in [0, 0.1) is 0 Å². The number of nitrogens with one attached hydrogen (secondary N) is 2. The van der Waals surface area contributed by atoms with Gasteiger partial charge in [0.1, 0.15) is 18.1 Å². The minimum Gasteiger partial charge on any atom is -0.352 e. The Morgan fingerprint density at radius 3 is 2.34 bits per heavy atom. The van der Waals surface area contributed by atoms with Crippen LogP contribution in [-0.4, -0.2) is 82.3 Å². The third-order valence-electron chi connectivity index (χ3n) is 9.67. The molecular weight excluding hydrogens is 616 g/mol. The number of amides is 4. The second kappa shape index (κ2) is 14.5. The van der Waals surface area contributed by atoms with Crippen molar-refractivity contribution in [2.45, 2.75) is 69.0 Å². The first kappa shape index (κ1) is 32.5.